The Labute approximate surface area is 139 Å². The van der Waals surface area contributed by atoms with Crippen LogP contribution in [-0.2, 0) is 6.67 Å². The molecule has 7 heteroatoms. The van der Waals surface area contributed by atoms with Gasteiger partial charge in [-0.25, -0.2) is 4.39 Å². The first-order valence-electron chi connectivity index (χ1n) is 8.07. The molecule has 1 fully saturated rings. The van der Waals surface area contributed by atoms with E-state index in [1.807, 2.05) is 10.6 Å². The van der Waals surface area contributed by atoms with Crippen molar-refractivity contribution < 1.29 is 4.39 Å². The first-order chi connectivity index (χ1) is 11.3. The number of benzene rings is 1. The molecule has 0 unspecified atom stereocenters. The Morgan fingerprint density at radius 3 is 2.65 bits per heavy atom. The molecule has 3 heterocycles. The van der Waals surface area contributed by atoms with Crippen LogP contribution in [0.2, 0.25) is 0 Å². The van der Waals surface area contributed by atoms with E-state index in [4.69, 9.17) is 0 Å². The highest BCUT2D eigenvalue weighted by Gasteiger charge is 2.24. The lowest BCUT2D eigenvalue weighted by atomic mass is 10.2. The highest BCUT2D eigenvalue weighted by atomic mass is 32.2. The lowest BCUT2D eigenvalue weighted by Gasteiger charge is -2.29. The molecule has 0 saturated carbocycles. The number of hydrogen-bond donors (Lipinski definition) is 0. The minimum absolute atomic E-state index is 0.248. The van der Waals surface area contributed by atoms with Gasteiger partial charge in [0.15, 0.2) is 11.0 Å². The molecule has 0 spiro atoms. The van der Waals surface area contributed by atoms with Gasteiger partial charge in [0.05, 0.1) is 18.1 Å². The van der Waals surface area contributed by atoms with E-state index in [1.165, 1.54) is 32.0 Å². The predicted molar refractivity (Wildman–Crippen MR) is 88.5 cm³/mol. The van der Waals surface area contributed by atoms with Gasteiger partial charge in [-0.15, -0.1) is 10.2 Å². The molecule has 5 nitrogen and oxygen atoms in total. The molecule has 122 valence electrons. The molecule has 1 saturated heterocycles. The van der Waals surface area contributed by atoms with Crippen molar-refractivity contribution in [3.05, 3.63) is 30.1 Å². The van der Waals surface area contributed by atoms with Crippen LogP contribution in [0.3, 0.4) is 0 Å². The van der Waals surface area contributed by atoms with Crippen molar-refractivity contribution in [1.82, 2.24) is 24.6 Å². The van der Waals surface area contributed by atoms with Crippen molar-refractivity contribution in [1.29, 1.82) is 0 Å². The molecule has 0 radical (unpaired) electrons. The van der Waals surface area contributed by atoms with Crippen LogP contribution >= 0.6 is 11.8 Å². The van der Waals surface area contributed by atoms with Crippen LogP contribution in [0.1, 0.15) is 12.8 Å². The molecule has 2 aliphatic rings. The van der Waals surface area contributed by atoms with Gasteiger partial charge in [0, 0.05) is 13.1 Å². The summed E-state index contributed by atoms with van der Waals surface area (Å²) >= 11 is 1.67. The molecule has 0 aliphatic carbocycles. The van der Waals surface area contributed by atoms with E-state index < -0.39 is 0 Å². The summed E-state index contributed by atoms with van der Waals surface area (Å²) < 4.78 is 16.1. The number of hydrogen-bond acceptors (Lipinski definition) is 5. The van der Waals surface area contributed by atoms with Crippen LogP contribution in [0, 0.1) is 5.82 Å². The highest BCUT2D eigenvalue weighted by Crippen LogP contribution is 2.29. The summed E-state index contributed by atoms with van der Waals surface area (Å²) in [5.74, 6) is 1.29. The maximum atomic E-state index is 14.1. The second-order valence-electron chi connectivity index (χ2n) is 6.07. The molecule has 2 aromatic rings. The molecule has 1 aromatic heterocycles. The fourth-order valence-corrected chi connectivity index (χ4v) is 4.09. The van der Waals surface area contributed by atoms with Gasteiger partial charge in [0.1, 0.15) is 5.82 Å². The van der Waals surface area contributed by atoms with Crippen molar-refractivity contribution in [2.24, 2.45) is 0 Å². The summed E-state index contributed by atoms with van der Waals surface area (Å²) in [5.41, 5.74) is 0.522. The number of likely N-dealkylation sites (tertiary alicyclic amines) is 1. The largest absolute Gasteiger partial charge is 0.302 e. The minimum atomic E-state index is -0.248. The normalized spacial score (nSPS) is 19.2. The van der Waals surface area contributed by atoms with Crippen molar-refractivity contribution in [3.63, 3.8) is 0 Å². The third-order valence-corrected chi connectivity index (χ3v) is 5.53. The lowest BCUT2D eigenvalue weighted by Crippen LogP contribution is -2.37. The molecule has 23 heavy (non-hydrogen) atoms. The van der Waals surface area contributed by atoms with Crippen LogP contribution in [-0.4, -0.2) is 56.6 Å². The second-order valence-corrected chi connectivity index (χ2v) is 6.98. The molecule has 0 amide bonds. The summed E-state index contributed by atoms with van der Waals surface area (Å²) in [6.07, 6.45) is 2.64. The summed E-state index contributed by atoms with van der Waals surface area (Å²) in [6.45, 7) is 5.31. The van der Waals surface area contributed by atoms with Gasteiger partial charge in [0.25, 0.3) is 0 Å². The zero-order valence-corrected chi connectivity index (χ0v) is 13.8. The standard InChI is InChI=1S/C16H20FN5S/c17-14-6-2-1-5-13(14)15-18-19-16-22(15)11-21(12-23-16)10-9-20-7-3-4-8-20/h1-2,5-6H,3-4,7-12H2. The van der Waals surface area contributed by atoms with Gasteiger partial charge < -0.3 is 4.90 Å². The van der Waals surface area contributed by atoms with Crippen LogP contribution in [0.25, 0.3) is 11.4 Å². The third-order valence-electron chi connectivity index (χ3n) is 4.48. The molecular formula is C16H20FN5S. The van der Waals surface area contributed by atoms with E-state index in [1.54, 1.807) is 23.9 Å². The van der Waals surface area contributed by atoms with Crippen molar-refractivity contribution >= 4 is 11.8 Å². The molecule has 0 bridgehead atoms. The monoisotopic (exact) mass is 333 g/mol. The minimum Gasteiger partial charge on any atom is -0.302 e. The summed E-state index contributed by atoms with van der Waals surface area (Å²) in [5, 5.41) is 9.31. The fraction of sp³-hybridized carbons (Fsp3) is 0.500. The maximum Gasteiger partial charge on any atom is 0.193 e. The Balaban J connectivity index is 1.50. The number of aromatic nitrogens is 3. The van der Waals surface area contributed by atoms with E-state index in [0.29, 0.717) is 11.4 Å². The van der Waals surface area contributed by atoms with E-state index in [2.05, 4.69) is 20.0 Å². The Morgan fingerprint density at radius 2 is 1.83 bits per heavy atom. The summed E-state index contributed by atoms with van der Waals surface area (Å²) in [6, 6.07) is 6.77. The van der Waals surface area contributed by atoms with Crippen LogP contribution in [0.4, 0.5) is 4.39 Å². The van der Waals surface area contributed by atoms with Crippen LogP contribution in [0.15, 0.2) is 29.4 Å². The molecule has 2 aliphatic heterocycles. The van der Waals surface area contributed by atoms with Gasteiger partial charge in [-0.3, -0.25) is 9.47 Å². The number of thioether (sulfide) groups is 1. The Morgan fingerprint density at radius 1 is 1.04 bits per heavy atom. The smallest absolute Gasteiger partial charge is 0.193 e. The van der Waals surface area contributed by atoms with E-state index >= 15 is 0 Å². The van der Waals surface area contributed by atoms with E-state index in [-0.39, 0.29) is 5.82 Å². The highest BCUT2D eigenvalue weighted by molar-refractivity contribution is 7.99. The van der Waals surface area contributed by atoms with Gasteiger partial charge >= 0.3 is 0 Å². The zero-order chi connectivity index (χ0) is 15.6. The van der Waals surface area contributed by atoms with Crippen molar-refractivity contribution in [3.8, 4) is 11.4 Å². The Kier molecular flexibility index (Phi) is 4.33. The van der Waals surface area contributed by atoms with Crippen molar-refractivity contribution in [2.75, 3.05) is 32.1 Å². The van der Waals surface area contributed by atoms with Crippen LogP contribution < -0.4 is 0 Å². The Hall–Kier alpha value is -1.44. The third kappa shape index (κ3) is 3.13. The molecule has 0 atom stereocenters. The first-order valence-corrected chi connectivity index (χ1v) is 9.05. The van der Waals surface area contributed by atoms with Crippen LogP contribution in [0.5, 0.6) is 0 Å². The first kappa shape index (κ1) is 15.1. The second kappa shape index (κ2) is 6.59. The van der Waals surface area contributed by atoms with Gasteiger partial charge in [-0.05, 0) is 38.1 Å². The maximum absolute atomic E-state index is 14.1. The number of nitrogens with zero attached hydrogens (tertiary/aromatic N) is 5. The summed E-state index contributed by atoms with van der Waals surface area (Å²) in [7, 11) is 0. The average molecular weight is 333 g/mol. The average Bonchev–Trinajstić information content (AvgIpc) is 3.23. The fourth-order valence-electron chi connectivity index (χ4n) is 3.18. The summed E-state index contributed by atoms with van der Waals surface area (Å²) in [4.78, 5) is 4.90. The van der Waals surface area contributed by atoms with Crippen molar-refractivity contribution in [2.45, 2.75) is 24.7 Å². The van der Waals surface area contributed by atoms with E-state index in [0.717, 1.165) is 30.8 Å². The molecular weight excluding hydrogens is 313 g/mol. The zero-order valence-electron chi connectivity index (χ0n) is 13.0. The topological polar surface area (TPSA) is 37.2 Å². The van der Waals surface area contributed by atoms with Gasteiger partial charge in [-0.1, -0.05) is 23.9 Å². The SMILES string of the molecule is Fc1ccccc1-c1nnc2n1CN(CCN1CCCC1)CS2. The molecule has 0 N–H and O–H groups in total. The lowest BCUT2D eigenvalue weighted by molar-refractivity contribution is 0.203. The quantitative estimate of drug-likeness (QED) is 0.859. The number of fused-ring (bicyclic) bond motifs is 1. The van der Waals surface area contributed by atoms with Gasteiger partial charge in [-0.2, -0.15) is 0 Å². The molecule has 1 aromatic carbocycles. The predicted octanol–water partition coefficient (Wildman–Crippen LogP) is 2.50. The van der Waals surface area contributed by atoms with Gasteiger partial charge in [0.2, 0.25) is 0 Å². The molecule has 4 rings (SSSR count). The number of rotatable bonds is 4. The van der Waals surface area contributed by atoms with E-state index in [9.17, 15) is 4.39 Å². The Bertz CT molecular complexity index is 683. The number of halogens is 1.